The molecule has 1 heterocycles. The van der Waals surface area contributed by atoms with Gasteiger partial charge < -0.3 is 0 Å². The number of rotatable bonds is 2. The van der Waals surface area contributed by atoms with Gasteiger partial charge in [0.15, 0.2) is 0 Å². The van der Waals surface area contributed by atoms with E-state index in [4.69, 9.17) is 0 Å². The van der Waals surface area contributed by atoms with Crippen molar-refractivity contribution in [2.45, 2.75) is 46.0 Å². The fourth-order valence-electron chi connectivity index (χ4n) is 1.29. The Morgan fingerprint density at radius 3 is 2.58 bits per heavy atom. The first-order valence-corrected chi connectivity index (χ1v) is 5.33. The van der Waals surface area contributed by atoms with Gasteiger partial charge in [-0.05, 0) is 28.9 Å². The van der Waals surface area contributed by atoms with E-state index in [1.165, 1.54) is 17.7 Å². The predicted octanol–water partition coefficient (Wildman–Crippen LogP) is 3.39. The van der Waals surface area contributed by atoms with E-state index in [-0.39, 0.29) is 5.41 Å². The molecule has 0 fully saturated rings. The summed E-state index contributed by atoms with van der Waals surface area (Å²) >= 11 is 1.58. The molecule has 0 N–H and O–H groups in total. The van der Waals surface area contributed by atoms with Crippen LogP contribution in [-0.2, 0) is 11.8 Å². The molecular formula is C10H17NS. The monoisotopic (exact) mass is 183 g/mol. The van der Waals surface area contributed by atoms with Crippen molar-refractivity contribution in [2.24, 2.45) is 0 Å². The summed E-state index contributed by atoms with van der Waals surface area (Å²) in [4.78, 5) is 0. The van der Waals surface area contributed by atoms with Gasteiger partial charge >= 0.3 is 0 Å². The second-order valence-corrected chi connectivity index (χ2v) is 4.80. The Morgan fingerprint density at radius 1 is 1.42 bits per heavy atom. The SMILES string of the molecule is CCCc1nscc1C(C)(C)C. The van der Waals surface area contributed by atoms with Gasteiger partial charge in [-0.2, -0.15) is 4.37 Å². The minimum absolute atomic E-state index is 0.261. The molecule has 0 unspecified atom stereocenters. The van der Waals surface area contributed by atoms with Crippen LogP contribution in [0.2, 0.25) is 0 Å². The first-order valence-electron chi connectivity index (χ1n) is 4.49. The molecule has 0 aliphatic carbocycles. The lowest BCUT2D eigenvalue weighted by molar-refractivity contribution is 0.581. The van der Waals surface area contributed by atoms with Gasteiger partial charge in [-0.1, -0.05) is 34.1 Å². The van der Waals surface area contributed by atoms with Crippen LogP contribution in [0.25, 0.3) is 0 Å². The summed E-state index contributed by atoms with van der Waals surface area (Å²) in [6.07, 6.45) is 2.31. The van der Waals surface area contributed by atoms with E-state index in [1.54, 1.807) is 11.5 Å². The maximum absolute atomic E-state index is 4.41. The molecule has 1 rings (SSSR count). The zero-order valence-corrected chi connectivity index (χ0v) is 9.16. The molecule has 0 saturated heterocycles. The smallest absolute Gasteiger partial charge is 0.0579 e. The molecule has 0 saturated carbocycles. The van der Waals surface area contributed by atoms with Gasteiger partial charge in [0.25, 0.3) is 0 Å². The van der Waals surface area contributed by atoms with Crippen molar-refractivity contribution in [3.05, 3.63) is 16.6 Å². The van der Waals surface area contributed by atoms with Crippen molar-refractivity contribution in [2.75, 3.05) is 0 Å². The molecule has 0 spiro atoms. The maximum Gasteiger partial charge on any atom is 0.0579 e. The molecule has 12 heavy (non-hydrogen) atoms. The highest BCUT2D eigenvalue weighted by Crippen LogP contribution is 2.27. The Bertz CT molecular complexity index is 245. The van der Waals surface area contributed by atoms with Gasteiger partial charge in [-0.15, -0.1) is 0 Å². The standard InChI is InChI=1S/C10H17NS/c1-5-6-9-8(7-12-11-9)10(2,3)4/h7H,5-6H2,1-4H3. The molecule has 1 nitrogen and oxygen atoms in total. The van der Waals surface area contributed by atoms with Gasteiger partial charge in [0.2, 0.25) is 0 Å². The minimum Gasteiger partial charge on any atom is -0.197 e. The second-order valence-electron chi connectivity index (χ2n) is 4.17. The third-order valence-corrected chi connectivity index (χ3v) is 2.61. The normalized spacial score (nSPS) is 12.0. The molecule has 0 amide bonds. The summed E-state index contributed by atoms with van der Waals surface area (Å²) in [6, 6.07) is 0. The van der Waals surface area contributed by atoms with E-state index < -0.39 is 0 Å². The lowest BCUT2D eigenvalue weighted by Crippen LogP contribution is -2.12. The maximum atomic E-state index is 4.41. The largest absolute Gasteiger partial charge is 0.197 e. The topological polar surface area (TPSA) is 12.9 Å². The zero-order valence-electron chi connectivity index (χ0n) is 8.35. The van der Waals surface area contributed by atoms with Crippen LogP contribution in [0.4, 0.5) is 0 Å². The molecule has 0 aliphatic heterocycles. The molecular weight excluding hydrogens is 166 g/mol. The summed E-state index contributed by atoms with van der Waals surface area (Å²) in [5, 5.41) is 2.19. The van der Waals surface area contributed by atoms with E-state index in [0.29, 0.717) is 0 Å². The molecule has 2 heteroatoms. The lowest BCUT2D eigenvalue weighted by atomic mass is 9.87. The molecule has 0 aliphatic rings. The Morgan fingerprint density at radius 2 is 2.08 bits per heavy atom. The highest BCUT2D eigenvalue weighted by Gasteiger charge is 2.19. The average Bonchev–Trinajstić information content (AvgIpc) is 2.34. The summed E-state index contributed by atoms with van der Waals surface area (Å²) < 4.78 is 4.41. The van der Waals surface area contributed by atoms with Crippen molar-refractivity contribution in [1.82, 2.24) is 4.37 Å². The third-order valence-electron chi connectivity index (χ3n) is 1.94. The average molecular weight is 183 g/mol. The van der Waals surface area contributed by atoms with E-state index >= 15 is 0 Å². The van der Waals surface area contributed by atoms with Gasteiger partial charge in [0.1, 0.15) is 0 Å². The number of nitrogens with zero attached hydrogens (tertiary/aromatic N) is 1. The van der Waals surface area contributed by atoms with Crippen LogP contribution in [0, 0.1) is 0 Å². The fraction of sp³-hybridized carbons (Fsp3) is 0.700. The van der Waals surface area contributed by atoms with E-state index in [1.807, 2.05) is 0 Å². The first kappa shape index (κ1) is 9.72. The molecule has 0 bridgehead atoms. The van der Waals surface area contributed by atoms with Crippen LogP contribution in [0.15, 0.2) is 5.38 Å². The zero-order chi connectivity index (χ0) is 9.19. The Kier molecular flexibility index (Phi) is 2.89. The van der Waals surface area contributed by atoms with E-state index in [2.05, 4.69) is 37.4 Å². The summed E-state index contributed by atoms with van der Waals surface area (Å²) in [5.74, 6) is 0. The summed E-state index contributed by atoms with van der Waals surface area (Å²) in [6.45, 7) is 8.94. The van der Waals surface area contributed by atoms with Gasteiger partial charge in [-0.25, -0.2) is 0 Å². The minimum atomic E-state index is 0.261. The second kappa shape index (κ2) is 3.56. The van der Waals surface area contributed by atoms with E-state index in [0.717, 1.165) is 6.42 Å². The van der Waals surface area contributed by atoms with Crippen LogP contribution < -0.4 is 0 Å². The molecule has 1 aromatic heterocycles. The molecule has 0 aromatic carbocycles. The quantitative estimate of drug-likeness (QED) is 0.685. The Hall–Kier alpha value is -0.370. The number of aromatic nitrogens is 1. The van der Waals surface area contributed by atoms with Crippen molar-refractivity contribution < 1.29 is 0 Å². The number of aryl methyl sites for hydroxylation is 1. The molecule has 0 atom stereocenters. The van der Waals surface area contributed by atoms with Gasteiger partial charge in [-0.3, -0.25) is 0 Å². The van der Waals surface area contributed by atoms with Crippen molar-refractivity contribution in [3.8, 4) is 0 Å². The van der Waals surface area contributed by atoms with Gasteiger partial charge in [0, 0.05) is 5.38 Å². The van der Waals surface area contributed by atoms with Gasteiger partial charge in [0.05, 0.1) is 5.69 Å². The van der Waals surface area contributed by atoms with Crippen LogP contribution in [0.5, 0.6) is 0 Å². The van der Waals surface area contributed by atoms with Crippen molar-refractivity contribution >= 4 is 11.5 Å². The predicted molar refractivity (Wildman–Crippen MR) is 54.8 cm³/mol. The van der Waals surface area contributed by atoms with Crippen LogP contribution in [0.3, 0.4) is 0 Å². The molecule has 1 aromatic rings. The molecule has 68 valence electrons. The fourth-order valence-corrected chi connectivity index (χ4v) is 2.25. The van der Waals surface area contributed by atoms with Crippen LogP contribution >= 0.6 is 11.5 Å². The third kappa shape index (κ3) is 2.07. The number of hydrogen-bond acceptors (Lipinski definition) is 2. The van der Waals surface area contributed by atoms with Crippen LogP contribution in [0.1, 0.15) is 45.4 Å². The van der Waals surface area contributed by atoms with Crippen LogP contribution in [-0.4, -0.2) is 4.37 Å². The highest BCUT2D eigenvalue weighted by atomic mass is 32.1. The van der Waals surface area contributed by atoms with Crippen molar-refractivity contribution in [3.63, 3.8) is 0 Å². The number of hydrogen-bond donors (Lipinski definition) is 0. The summed E-state index contributed by atoms with van der Waals surface area (Å²) in [5.41, 5.74) is 2.99. The van der Waals surface area contributed by atoms with Crippen molar-refractivity contribution in [1.29, 1.82) is 0 Å². The Balaban J connectivity index is 2.91. The van der Waals surface area contributed by atoms with E-state index in [9.17, 15) is 0 Å². The highest BCUT2D eigenvalue weighted by molar-refractivity contribution is 7.03. The lowest BCUT2D eigenvalue weighted by Gasteiger charge is -2.18. The molecule has 0 radical (unpaired) electrons. The Labute approximate surface area is 79.0 Å². The summed E-state index contributed by atoms with van der Waals surface area (Å²) in [7, 11) is 0. The first-order chi connectivity index (χ1) is 5.55.